The zero-order valence-electron chi connectivity index (χ0n) is 49.5. The van der Waals surface area contributed by atoms with Gasteiger partial charge in [-0.25, -0.2) is 0 Å². The van der Waals surface area contributed by atoms with Crippen molar-refractivity contribution in [3.8, 4) is 0 Å². The first-order valence-electron chi connectivity index (χ1n) is 31.4. The van der Waals surface area contributed by atoms with Gasteiger partial charge in [0.1, 0.15) is 31.0 Å². The predicted molar refractivity (Wildman–Crippen MR) is 312 cm³/mol. The molecule has 0 aromatic rings. The van der Waals surface area contributed by atoms with Gasteiger partial charge < -0.3 is 24.3 Å². The molecule has 432 valence electrons. The van der Waals surface area contributed by atoms with Crippen LogP contribution in [0.4, 0.5) is 0 Å². The lowest BCUT2D eigenvalue weighted by molar-refractivity contribution is -0.160. The molecule has 0 aliphatic carbocycles. The van der Waals surface area contributed by atoms with Gasteiger partial charge in [0.2, 0.25) is 0 Å². The maximum Gasteiger partial charge on any atom is 0.307 e. The summed E-state index contributed by atoms with van der Waals surface area (Å²) in [5.74, 6) is -1.43. The smallest absolute Gasteiger partial charge is 0.307 e. The minimum atomic E-state index is -1.24. The lowest BCUT2D eigenvalue weighted by atomic mass is 10.0. The third-order valence-corrected chi connectivity index (χ3v) is 13.7. The SMILES string of the molecule is CCCCCCCC/C=C/CCCCCCCC(=O)OCC(COC(=O)CCCCCCC/C=C/CCCCCCCC)(COC(=O)CCCCCCC/C=C/CCCCCCCC)NCCC(=O)OC(C)(C)C. The number of carbonyl (C=O) groups excluding carboxylic acids is 4. The first-order valence-corrected chi connectivity index (χ1v) is 31.4. The highest BCUT2D eigenvalue weighted by molar-refractivity contribution is 5.71. The molecule has 0 saturated heterocycles. The van der Waals surface area contributed by atoms with Crippen molar-refractivity contribution in [1.29, 1.82) is 0 Å². The second-order valence-electron chi connectivity index (χ2n) is 22.5. The minimum Gasteiger partial charge on any atom is -0.463 e. The normalized spacial score (nSPS) is 12.1. The van der Waals surface area contributed by atoms with E-state index in [0.717, 1.165) is 116 Å². The number of ether oxygens (including phenoxy) is 4. The predicted octanol–water partition coefficient (Wildman–Crippen LogP) is 18.8. The van der Waals surface area contributed by atoms with Gasteiger partial charge in [0.05, 0.1) is 6.42 Å². The van der Waals surface area contributed by atoms with E-state index in [1.807, 2.05) is 20.8 Å². The van der Waals surface area contributed by atoms with E-state index in [2.05, 4.69) is 62.5 Å². The molecule has 9 heteroatoms. The number of esters is 4. The minimum absolute atomic E-state index is 0.0353. The van der Waals surface area contributed by atoms with E-state index >= 15 is 0 Å². The van der Waals surface area contributed by atoms with Crippen molar-refractivity contribution in [2.24, 2.45) is 0 Å². The number of allylic oxidation sites excluding steroid dienone is 6. The molecule has 74 heavy (non-hydrogen) atoms. The van der Waals surface area contributed by atoms with Crippen molar-refractivity contribution in [1.82, 2.24) is 5.32 Å². The number of rotatable bonds is 55. The summed E-state index contributed by atoms with van der Waals surface area (Å²) in [6.07, 6.45) is 60.6. The van der Waals surface area contributed by atoms with Crippen molar-refractivity contribution in [2.75, 3.05) is 26.4 Å². The van der Waals surface area contributed by atoms with Gasteiger partial charge in [0.25, 0.3) is 0 Å². The van der Waals surface area contributed by atoms with Crippen LogP contribution in [-0.2, 0) is 38.1 Å². The summed E-state index contributed by atoms with van der Waals surface area (Å²) in [5.41, 5.74) is -1.89. The molecule has 9 nitrogen and oxygen atoms in total. The van der Waals surface area contributed by atoms with Crippen LogP contribution in [0.2, 0.25) is 0 Å². The number of nitrogens with one attached hydrogen (secondary N) is 1. The highest BCUT2D eigenvalue weighted by Crippen LogP contribution is 2.18. The Kier molecular flexibility index (Phi) is 51.3. The summed E-state index contributed by atoms with van der Waals surface area (Å²) >= 11 is 0. The van der Waals surface area contributed by atoms with E-state index in [9.17, 15) is 19.2 Å². The maximum atomic E-state index is 13.2. The lowest BCUT2D eigenvalue weighted by Gasteiger charge is -2.33. The summed E-state index contributed by atoms with van der Waals surface area (Å²) in [6.45, 7) is 11.9. The highest BCUT2D eigenvalue weighted by atomic mass is 16.6. The van der Waals surface area contributed by atoms with Crippen molar-refractivity contribution >= 4 is 23.9 Å². The van der Waals surface area contributed by atoms with Crippen molar-refractivity contribution in [3.05, 3.63) is 36.5 Å². The molecule has 0 bridgehead atoms. The Morgan fingerprint density at radius 3 is 0.824 bits per heavy atom. The lowest BCUT2D eigenvalue weighted by Crippen LogP contribution is -2.58. The van der Waals surface area contributed by atoms with Crippen LogP contribution in [0.5, 0.6) is 0 Å². The second-order valence-corrected chi connectivity index (χ2v) is 22.5. The van der Waals surface area contributed by atoms with E-state index in [0.29, 0.717) is 0 Å². The Bertz CT molecular complexity index is 1250. The van der Waals surface area contributed by atoms with Gasteiger partial charge in [-0.3, -0.25) is 19.2 Å². The first kappa shape index (κ1) is 71.1. The first-order chi connectivity index (χ1) is 36.0. The molecule has 0 aliphatic rings. The van der Waals surface area contributed by atoms with E-state index in [1.165, 1.54) is 135 Å². The summed E-state index contributed by atoms with van der Waals surface area (Å²) < 4.78 is 23.2. The Morgan fingerprint density at radius 1 is 0.324 bits per heavy atom. The quantitative estimate of drug-likeness (QED) is 0.0275. The highest BCUT2D eigenvalue weighted by Gasteiger charge is 2.36. The van der Waals surface area contributed by atoms with Crippen LogP contribution in [0.25, 0.3) is 0 Å². The zero-order chi connectivity index (χ0) is 54.3. The van der Waals surface area contributed by atoms with Crippen LogP contribution in [0.15, 0.2) is 36.5 Å². The molecule has 0 aliphatic heterocycles. The molecule has 0 saturated carbocycles. The Morgan fingerprint density at radius 2 is 0.568 bits per heavy atom. The average Bonchev–Trinajstić information content (AvgIpc) is 3.37. The van der Waals surface area contributed by atoms with Crippen molar-refractivity contribution in [2.45, 2.75) is 329 Å². The molecule has 0 rings (SSSR count). The zero-order valence-corrected chi connectivity index (χ0v) is 49.5. The second kappa shape index (κ2) is 53.5. The van der Waals surface area contributed by atoms with E-state index in [4.69, 9.17) is 18.9 Å². The molecule has 1 N–H and O–H groups in total. The number of hydrogen-bond donors (Lipinski definition) is 1. The topological polar surface area (TPSA) is 117 Å². The van der Waals surface area contributed by atoms with Crippen LogP contribution in [-0.4, -0.2) is 61.4 Å². The molecule has 0 unspecified atom stereocenters. The fourth-order valence-corrected chi connectivity index (χ4v) is 8.99. The van der Waals surface area contributed by atoms with Gasteiger partial charge >= 0.3 is 23.9 Å². The number of hydrogen-bond acceptors (Lipinski definition) is 9. The molecular weight excluding hydrogens is 923 g/mol. The van der Waals surface area contributed by atoms with Crippen molar-refractivity contribution in [3.63, 3.8) is 0 Å². The Labute approximate surface area is 457 Å². The third-order valence-electron chi connectivity index (χ3n) is 13.7. The Hall–Kier alpha value is -2.94. The molecule has 0 atom stereocenters. The summed E-state index contributed by atoms with van der Waals surface area (Å²) in [7, 11) is 0. The van der Waals surface area contributed by atoms with Crippen LogP contribution in [0, 0.1) is 0 Å². The summed E-state index contributed by atoms with van der Waals surface area (Å²) in [6, 6.07) is 0. The van der Waals surface area contributed by atoms with Gasteiger partial charge in [-0.2, -0.15) is 0 Å². The molecule has 0 aromatic heterocycles. The largest absolute Gasteiger partial charge is 0.463 e. The molecule has 0 fully saturated rings. The number of unbranched alkanes of at least 4 members (excludes halogenated alkanes) is 33. The Balaban J connectivity index is 5.29. The molecule has 0 radical (unpaired) electrons. The van der Waals surface area contributed by atoms with Crippen LogP contribution in [0.1, 0.15) is 318 Å². The molecule has 0 aromatic carbocycles. The monoisotopic (exact) mass is 1040 g/mol. The molecule has 0 amide bonds. The average molecular weight is 1040 g/mol. The van der Waals surface area contributed by atoms with E-state index in [-0.39, 0.29) is 75.9 Å². The van der Waals surface area contributed by atoms with Gasteiger partial charge in [-0.1, -0.05) is 211 Å². The van der Waals surface area contributed by atoms with Gasteiger partial charge in [0.15, 0.2) is 0 Å². The third kappa shape index (κ3) is 52.5. The standard InChI is InChI=1S/C65H119NO8/c1-7-10-13-16-19-22-25-28-31-34-37-40-43-46-49-52-60(67)71-57-65(66-56-55-63(70)74-64(4,5)6,58-72-61(68)53-50-47-44-41-38-35-32-29-26-23-20-17-14-11-8-2)59-73-62(69)54-51-48-45-42-39-36-33-30-27-24-21-18-15-12-9-3/h28-33,66H,7-27,34-59H2,1-6H3/b31-28+,32-29+,33-30+. The van der Waals surface area contributed by atoms with Gasteiger partial charge in [0, 0.05) is 25.8 Å². The fourth-order valence-electron chi connectivity index (χ4n) is 8.99. The maximum absolute atomic E-state index is 13.2. The molecular formula is C65H119NO8. The fraction of sp³-hybridized carbons (Fsp3) is 0.846. The number of carbonyl (C=O) groups is 4. The summed E-state index contributed by atoms with van der Waals surface area (Å²) in [5, 5.41) is 3.33. The van der Waals surface area contributed by atoms with E-state index < -0.39 is 11.1 Å². The van der Waals surface area contributed by atoms with Gasteiger partial charge in [-0.15, -0.1) is 0 Å². The van der Waals surface area contributed by atoms with E-state index in [1.54, 1.807) is 0 Å². The summed E-state index contributed by atoms with van der Waals surface area (Å²) in [4.78, 5) is 52.4. The molecule has 0 spiro atoms. The van der Waals surface area contributed by atoms with Crippen LogP contribution >= 0.6 is 0 Å². The van der Waals surface area contributed by atoms with Crippen LogP contribution in [0.3, 0.4) is 0 Å². The van der Waals surface area contributed by atoms with Gasteiger partial charge in [-0.05, 0) is 117 Å². The molecule has 0 heterocycles. The van der Waals surface area contributed by atoms with Crippen LogP contribution < -0.4 is 5.32 Å². The van der Waals surface area contributed by atoms with Crippen molar-refractivity contribution < 1.29 is 38.1 Å².